The first-order valence-corrected chi connectivity index (χ1v) is 7.77. The number of aromatic nitrogens is 2. The normalized spacial score (nSPS) is 18.6. The fraction of sp³-hybridized carbons (Fsp3) is 0.688. The summed E-state index contributed by atoms with van der Waals surface area (Å²) in [4.78, 5) is 22.5. The van der Waals surface area contributed by atoms with Crippen LogP contribution in [-0.4, -0.2) is 39.9 Å². The molecule has 1 saturated heterocycles. The van der Waals surface area contributed by atoms with Gasteiger partial charge in [0.05, 0.1) is 0 Å². The van der Waals surface area contributed by atoms with E-state index in [1.54, 1.807) is 6.92 Å². The van der Waals surface area contributed by atoms with Crippen LogP contribution in [0.4, 0.5) is 5.82 Å². The molecule has 1 aliphatic rings. The quantitative estimate of drug-likeness (QED) is 0.926. The lowest BCUT2D eigenvalue weighted by molar-refractivity contribution is -0.127. The van der Waals surface area contributed by atoms with E-state index in [-0.39, 0.29) is 11.9 Å². The van der Waals surface area contributed by atoms with Gasteiger partial charge in [-0.25, -0.2) is 9.97 Å². The highest BCUT2D eigenvalue weighted by molar-refractivity contribution is 5.73. The number of nitrogens with zero attached hydrogens (tertiary/aromatic N) is 3. The van der Waals surface area contributed by atoms with E-state index in [9.17, 15) is 4.79 Å². The second kappa shape index (κ2) is 6.41. The molecular formula is C16H26N4O. The summed E-state index contributed by atoms with van der Waals surface area (Å²) < 4.78 is 0. The van der Waals surface area contributed by atoms with Gasteiger partial charge in [0.1, 0.15) is 11.6 Å². The summed E-state index contributed by atoms with van der Waals surface area (Å²) in [5.74, 6) is 2.59. The highest BCUT2D eigenvalue weighted by Crippen LogP contribution is 2.21. The van der Waals surface area contributed by atoms with Crippen LogP contribution in [0.25, 0.3) is 0 Å². The van der Waals surface area contributed by atoms with Gasteiger partial charge in [0.15, 0.2) is 0 Å². The molecule has 0 aliphatic carbocycles. The van der Waals surface area contributed by atoms with Crippen molar-refractivity contribution < 1.29 is 4.79 Å². The van der Waals surface area contributed by atoms with Gasteiger partial charge in [-0.15, -0.1) is 0 Å². The molecule has 1 aromatic rings. The Morgan fingerprint density at radius 3 is 2.52 bits per heavy atom. The van der Waals surface area contributed by atoms with E-state index >= 15 is 0 Å². The maximum Gasteiger partial charge on any atom is 0.219 e. The van der Waals surface area contributed by atoms with Gasteiger partial charge in [-0.1, -0.05) is 27.7 Å². The highest BCUT2D eigenvalue weighted by atomic mass is 16.2. The Hall–Kier alpha value is -1.65. The molecule has 1 aliphatic heterocycles. The van der Waals surface area contributed by atoms with Crippen LogP contribution in [0, 0.1) is 0 Å². The van der Waals surface area contributed by atoms with Crippen LogP contribution in [0.3, 0.4) is 0 Å². The number of hydrogen-bond acceptors (Lipinski definition) is 4. The third-order valence-electron chi connectivity index (χ3n) is 3.86. The second-order valence-corrected chi connectivity index (χ2v) is 6.44. The van der Waals surface area contributed by atoms with Crippen LogP contribution in [0.15, 0.2) is 6.07 Å². The zero-order chi connectivity index (χ0) is 15.6. The Balaban J connectivity index is 2.14. The van der Waals surface area contributed by atoms with Crippen molar-refractivity contribution in [1.82, 2.24) is 14.9 Å². The Labute approximate surface area is 127 Å². The first kappa shape index (κ1) is 15.7. The standard InChI is InChI=1S/C16H26N4O/c1-10(2)14-8-15(19-16(18-14)11(3)4)17-13-6-7-20(9-13)12(5)21/h8,10-11,13H,6-7,9H2,1-5H3,(H,17,18,19)/t13-/m1/s1. The molecule has 0 spiro atoms. The number of carbonyl (C=O) groups is 1. The minimum Gasteiger partial charge on any atom is -0.365 e. The van der Waals surface area contributed by atoms with Crippen molar-refractivity contribution in [3.05, 3.63) is 17.6 Å². The van der Waals surface area contributed by atoms with Gasteiger partial charge >= 0.3 is 0 Å². The van der Waals surface area contributed by atoms with E-state index < -0.39 is 0 Å². The predicted molar refractivity (Wildman–Crippen MR) is 84.5 cm³/mol. The van der Waals surface area contributed by atoms with Gasteiger partial charge in [-0.2, -0.15) is 0 Å². The van der Waals surface area contributed by atoms with Crippen LogP contribution < -0.4 is 5.32 Å². The van der Waals surface area contributed by atoms with Gasteiger partial charge in [0.25, 0.3) is 0 Å². The van der Waals surface area contributed by atoms with Crippen LogP contribution in [0.5, 0.6) is 0 Å². The lowest BCUT2D eigenvalue weighted by Gasteiger charge is -2.18. The molecule has 5 heteroatoms. The molecule has 0 bridgehead atoms. The summed E-state index contributed by atoms with van der Waals surface area (Å²) in [6.45, 7) is 11.7. The number of hydrogen-bond donors (Lipinski definition) is 1. The van der Waals surface area contributed by atoms with Crippen molar-refractivity contribution in [2.45, 2.75) is 58.9 Å². The monoisotopic (exact) mass is 290 g/mol. The summed E-state index contributed by atoms with van der Waals surface area (Å²) in [5, 5.41) is 3.47. The molecular weight excluding hydrogens is 264 g/mol. The fourth-order valence-corrected chi connectivity index (χ4v) is 2.49. The largest absolute Gasteiger partial charge is 0.365 e. The van der Waals surface area contributed by atoms with Gasteiger partial charge in [-0.3, -0.25) is 4.79 Å². The number of rotatable bonds is 4. The van der Waals surface area contributed by atoms with E-state index in [0.29, 0.717) is 11.8 Å². The van der Waals surface area contributed by atoms with Crippen molar-refractivity contribution in [3.8, 4) is 0 Å². The van der Waals surface area contributed by atoms with E-state index in [4.69, 9.17) is 0 Å². The van der Waals surface area contributed by atoms with Crippen molar-refractivity contribution in [3.63, 3.8) is 0 Å². The Morgan fingerprint density at radius 1 is 1.29 bits per heavy atom. The van der Waals surface area contributed by atoms with Crippen LogP contribution in [0.1, 0.15) is 64.4 Å². The molecule has 2 heterocycles. The molecule has 1 fully saturated rings. The summed E-state index contributed by atoms with van der Waals surface area (Å²) in [7, 11) is 0. The van der Waals surface area contributed by atoms with E-state index in [1.165, 1.54) is 0 Å². The molecule has 0 unspecified atom stereocenters. The summed E-state index contributed by atoms with van der Waals surface area (Å²) >= 11 is 0. The van der Waals surface area contributed by atoms with Gasteiger partial charge < -0.3 is 10.2 Å². The minimum atomic E-state index is 0.146. The second-order valence-electron chi connectivity index (χ2n) is 6.44. The average Bonchev–Trinajstić information content (AvgIpc) is 2.87. The van der Waals surface area contributed by atoms with E-state index in [0.717, 1.165) is 36.8 Å². The van der Waals surface area contributed by atoms with Crippen molar-refractivity contribution in [2.24, 2.45) is 0 Å². The molecule has 0 radical (unpaired) electrons. The molecule has 116 valence electrons. The lowest BCUT2D eigenvalue weighted by Crippen LogP contribution is -2.30. The van der Waals surface area contributed by atoms with Gasteiger partial charge in [0.2, 0.25) is 5.91 Å². The molecule has 1 N–H and O–H groups in total. The van der Waals surface area contributed by atoms with Crippen molar-refractivity contribution in [2.75, 3.05) is 18.4 Å². The zero-order valence-electron chi connectivity index (χ0n) is 13.7. The number of amides is 1. The van der Waals surface area contributed by atoms with Crippen LogP contribution in [0.2, 0.25) is 0 Å². The number of anilines is 1. The molecule has 1 atom stereocenters. The zero-order valence-corrected chi connectivity index (χ0v) is 13.7. The maximum atomic E-state index is 11.4. The van der Waals surface area contributed by atoms with Crippen molar-refractivity contribution >= 4 is 11.7 Å². The van der Waals surface area contributed by atoms with Crippen LogP contribution in [-0.2, 0) is 4.79 Å². The highest BCUT2D eigenvalue weighted by Gasteiger charge is 2.24. The topological polar surface area (TPSA) is 58.1 Å². The maximum absolute atomic E-state index is 11.4. The number of nitrogens with one attached hydrogen (secondary N) is 1. The molecule has 5 nitrogen and oxygen atoms in total. The van der Waals surface area contributed by atoms with Crippen molar-refractivity contribution in [1.29, 1.82) is 0 Å². The summed E-state index contributed by atoms with van der Waals surface area (Å²) in [6, 6.07) is 2.32. The predicted octanol–water partition coefficient (Wildman–Crippen LogP) is 2.76. The Kier molecular flexibility index (Phi) is 4.80. The third kappa shape index (κ3) is 3.93. The molecule has 1 aromatic heterocycles. The Morgan fingerprint density at radius 2 is 2.00 bits per heavy atom. The molecule has 0 aromatic carbocycles. The first-order chi connectivity index (χ1) is 9.86. The third-order valence-corrected chi connectivity index (χ3v) is 3.86. The first-order valence-electron chi connectivity index (χ1n) is 7.77. The SMILES string of the molecule is CC(=O)N1CC[C@@H](Nc2cc(C(C)C)nc(C(C)C)n2)C1. The average molecular weight is 290 g/mol. The molecule has 1 amide bonds. The summed E-state index contributed by atoms with van der Waals surface area (Å²) in [5.41, 5.74) is 1.07. The number of likely N-dealkylation sites (tertiary alicyclic amines) is 1. The van der Waals surface area contributed by atoms with Crippen LogP contribution >= 0.6 is 0 Å². The summed E-state index contributed by atoms with van der Waals surface area (Å²) in [6.07, 6.45) is 0.970. The number of carbonyl (C=O) groups excluding carboxylic acids is 1. The molecule has 21 heavy (non-hydrogen) atoms. The molecule has 2 rings (SSSR count). The minimum absolute atomic E-state index is 0.146. The molecule has 0 saturated carbocycles. The van der Waals surface area contributed by atoms with Gasteiger partial charge in [0, 0.05) is 43.7 Å². The fourth-order valence-electron chi connectivity index (χ4n) is 2.49. The smallest absolute Gasteiger partial charge is 0.219 e. The van der Waals surface area contributed by atoms with Gasteiger partial charge in [-0.05, 0) is 12.3 Å². The van der Waals surface area contributed by atoms with E-state index in [2.05, 4.69) is 43.0 Å². The van der Waals surface area contributed by atoms with E-state index in [1.807, 2.05) is 11.0 Å². The lowest BCUT2D eigenvalue weighted by atomic mass is 10.1. The Bertz CT molecular complexity index is 487.